The molecule has 1 heterocycles. The molecule has 0 saturated carbocycles. The Balaban J connectivity index is 2.68. The second-order valence-corrected chi connectivity index (χ2v) is 4.08. The number of nitrogens with one attached hydrogen (secondary N) is 1. The van der Waals surface area contributed by atoms with E-state index in [1.54, 1.807) is 4.68 Å². The number of aliphatic hydroxyl groups excluding tert-OH is 2. The molecule has 0 saturated heterocycles. The molecule has 0 aromatic carbocycles. The van der Waals surface area contributed by atoms with E-state index in [0.29, 0.717) is 0 Å². The summed E-state index contributed by atoms with van der Waals surface area (Å²) in [7, 11) is 1.83. The summed E-state index contributed by atoms with van der Waals surface area (Å²) < 4.78 is 1.73. The predicted octanol–water partition coefficient (Wildman–Crippen LogP) is -0.951. The van der Waals surface area contributed by atoms with Crippen molar-refractivity contribution in [3.63, 3.8) is 0 Å². The van der Waals surface area contributed by atoms with Crippen LogP contribution < -0.4 is 5.32 Å². The van der Waals surface area contributed by atoms with Gasteiger partial charge in [-0.1, -0.05) is 0 Å². The van der Waals surface area contributed by atoms with Crippen LogP contribution in [-0.2, 0) is 18.3 Å². The van der Waals surface area contributed by atoms with Crippen molar-refractivity contribution in [1.29, 1.82) is 0 Å². The first-order chi connectivity index (χ1) is 7.99. The average molecular weight is 241 g/mol. The minimum absolute atomic E-state index is 0.210. The van der Waals surface area contributed by atoms with Crippen molar-refractivity contribution in [2.45, 2.75) is 26.3 Å². The first-order valence-corrected chi connectivity index (χ1v) is 5.49. The van der Waals surface area contributed by atoms with Gasteiger partial charge in [0.2, 0.25) is 5.91 Å². The summed E-state index contributed by atoms with van der Waals surface area (Å²) in [5.41, 5.74) is 2.66. The molecule has 3 N–H and O–H groups in total. The van der Waals surface area contributed by atoms with Gasteiger partial charge in [0.05, 0.1) is 31.4 Å². The van der Waals surface area contributed by atoms with Crippen molar-refractivity contribution < 1.29 is 15.0 Å². The van der Waals surface area contributed by atoms with Gasteiger partial charge in [-0.3, -0.25) is 9.48 Å². The molecule has 0 bridgehead atoms. The number of carbonyl (C=O) groups is 1. The molecule has 0 radical (unpaired) electrons. The van der Waals surface area contributed by atoms with E-state index in [0.717, 1.165) is 17.0 Å². The second kappa shape index (κ2) is 5.79. The zero-order valence-corrected chi connectivity index (χ0v) is 10.4. The van der Waals surface area contributed by atoms with Gasteiger partial charge in [-0.15, -0.1) is 0 Å². The van der Waals surface area contributed by atoms with Gasteiger partial charge in [0.25, 0.3) is 0 Å². The molecule has 0 unspecified atom stereocenters. The maximum absolute atomic E-state index is 11.7. The number of nitrogens with zero attached hydrogens (tertiary/aromatic N) is 2. The highest BCUT2D eigenvalue weighted by molar-refractivity contribution is 5.79. The maximum Gasteiger partial charge on any atom is 0.224 e. The minimum atomic E-state index is -0.597. The van der Waals surface area contributed by atoms with Crippen molar-refractivity contribution in [3.05, 3.63) is 17.0 Å². The molecule has 17 heavy (non-hydrogen) atoms. The largest absolute Gasteiger partial charge is 0.394 e. The van der Waals surface area contributed by atoms with Gasteiger partial charge in [0.15, 0.2) is 0 Å². The third-order valence-electron chi connectivity index (χ3n) is 2.80. The monoisotopic (exact) mass is 241 g/mol. The van der Waals surface area contributed by atoms with Crippen LogP contribution in [0.4, 0.5) is 0 Å². The molecule has 0 fully saturated rings. The molecule has 1 aromatic rings. The molecule has 0 aliphatic heterocycles. The van der Waals surface area contributed by atoms with Crippen LogP contribution in [0.15, 0.2) is 0 Å². The summed E-state index contributed by atoms with van der Waals surface area (Å²) in [4.78, 5) is 11.7. The van der Waals surface area contributed by atoms with Crippen LogP contribution in [0.1, 0.15) is 17.0 Å². The Labute approximate surface area is 100 Å². The Morgan fingerprint density at radius 1 is 1.41 bits per heavy atom. The van der Waals surface area contributed by atoms with Gasteiger partial charge < -0.3 is 15.5 Å². The van der Waals surface area contributed by atoms with E-state index in [2.05, 4.69) is 10.4 Å². The standard InChI is InChI=1S/C11H19N3O3/c1-7-10(8(2)14(3)13-7)4-11(17)12-9(5-15)6-16/h9,15-16H,4-6H2,1-3H3,(H,12,17). The van der Waals surface area contributed by atoms with Crippen molar-refractivity contribution in [1.82, 2.24) is 15.1 Å². The van der Waals surface area contributed by atoms with Crippen molar-refractivity contribution in [3.8, 4) is 0 Å². The summed E-state index contributed by atoms with van der Waals surface area (Å²) >= 11 is 0. The smallest absolute Gasteiger partial charge is 0.224 e. The van der Waals surface area contributed by atoms with Crippen molar-refractivity contribution in [2.75, 3.05) is 13.2 Å². The summed E-state index contributed by atoms with van der Waals surface area (Å²) in [5, 5.41) is 24.5. The molecule has 0 aliphatic rings. The first kappa shape index (κ1) is 13.7. The normalized spacial score (nSPS) is 10.9. The Bertz CT molecular complexity index is 397. The number of aryl methyl sites for hydroxylation is 2. The number of aliphatic hydroxyl groups is 2. The highest BCUT2D eigenvalue weighted by Crippen LogP contribution is 2.12. The Hall–Kier alpha value is -1.40. The molecule has 0 spiro atoms. The zero-order chi connectivity index (χ0) is 13.0. The first-order valence-electron chi connectivity index (χ1n) is 5.49. The number of hydrogen-bond donors (Lipinski definition) is 3. The fourth-order valence-corrected chi connectivity index (χ4v) is 1.66. The van der Waals surface area contributed by atoms with Gasteiger partial charge in [0, 0.05) is 18.3 Å². The van der Waals surface area contributed by atoms with Crippen LogP contribution in [0.3, 0.4) is 0 Å². The lowest BCUT2D eigenvalue weighted by atomic mass is 10.1. The maximum atomic E-state index is 11.7. The van der Waals surface area contributed by atoms with Crippen molar-refractivity contribution >= 4 is 5.91 Å². The zero-order valence-electron chi connectivity index (χ0n) is 10.4. The molecule has 1 amide bonds. The fraction of sp³-hybridized carbons (Fsp3) is 0.636. The fourth-order valence-electron chi connectivity index (χ4n) is 1.66. The van der Waals surface area contributed by atoms with Gasteiger partial charge in [-0.2, -0.15) is 5.10 Å². The highest BCUT2D eigenvalue weighted by atomic mass is 16.3. The molecular formula is C11H19N3O3. The number of rotatable bonds is 5. The average Bonchev–Trinajstić information content (AvgIpc) is 2.53. The lowest BCUT2D eigenvalue weighted by molar-refractivity contribution is -0.121. The van der Waals surface area contributed by atoms with Gasteiger partial charge in [-0.25, -0.2) is 0 Å². The van der Waals surface area contributed by atoms with E-state index in [-0.39, 0.29) is 25.5 Å². The molecular weight excluding hydrogens is 222 g/mol. The SMILES string of the molecule is Cc1nn(C)c(C)c1CC(=O)NC(CO)CO. The van der Waals surface area contributed by atoms with Gasteiger partial charge in [-0.05, 0) is 13.8 Å². The lowest BCUT2D eigenvalue weighted by Crippen LogP contribution is -2.40. The predicted molar refractivity (Wildman–Crippen MR) is 62.5 cm³/mol. The van der Waals surface area contributed by atoms with Crippen LogP contribution in [0.2, 0.25) is 0 Å². The van der Waals surface area contributed by atoms with E-state index in [4.69, 9.17) is 10.2 Å². The Kier molecular flexibility index (Phi) is 4.65. The molecule has 1 rings (SSSR count). The van der Waals surface area contributed by atoms with Crippen LogP contribution in [0.5, 0.6) is 0 Å². The van der Waals surface area contributed by atoms with Gasteiger partial charge >= 0.3 is 0 Å². The van der Waals surface area contributed by atoms with E-state index in [9.17, 15) is 4.79 Å². The molecule has 96 valence electrons. The topological polar surface area (TPSA) is 87.4 Å². The third kappa shape index (κ3) is 3.28. The Morgan fingerprint density at radius 2 is 2.00 bits per heavy atom. The van der Waals surface area contributed by atoms with E-state index >= 15 is 0 Å². The van der Waals surface area contributed by atoms with E-state index < -0.39 is 6.04 Å². The third-order valence-corrected chi connectivity index (χ3v) is 2.80. The summed E-state index contributed by atoms with van der Waals surface area (Å²) in [6, 6.07) is -0.597. The summed E-state index contributed by atoms with van der Waals surface area (Å²) in [6.07, 6.45) is 0.210. The summed E-state index contributed by atoms with van der Waals surface area (Å²) in [5.74, 6) is -0.225. The number of aromatic nitrogens is 2. The van der Waals surface area contributed by atoms with E-state index in [1.807, 2.05) is 20.9 Å². The molecule has 6 heteroatoms. The Morgan fingerprint density at radius 3 is 2.41 bits per heavy atom. The molecule has 6 nitrogen and oxygen atoms in total. The minimum Gasteiger partial charge on any atom is -0.394 e. The van der Waals surface area contributed by atoms with Crippen LogP contribution in [0, 0.1) is 13.8 Å². The molecule has 0 aliphatic carbocycles. The number of carbonyl (C=O) groups excluding carboxylic acids is 1. The highest BCUT2D eigenvalue weighted by Gasteiger charge is 2.15. The quantitative estimate of drug-likeness (QED) is 0.620. The molecule has 0 atom stereocenters. The van der Waals surface area contributed by atoms with Crippen molar-refractivity contribution in [2.24, 2.45) is 7.05 Å². The number of hydrogen-bond acceptors (Lipinski definition) is 4. The molecule has 1 aromatic heterocycles. The van der Waals surface area contributed by atoms with Gasteiger partial charge in [0.1, 0.15) is 0 Å². The van der Waals surface area contributed by atoms with Crippen LogP contribution in [0.25, 0.3) is 0 Å². The van der Waals surface area contributed by atoms with Crippen LogP contribution >= 0.6 is 0 Å². The number of amides is 1. The van der Waals surface area contributed by atoms with Crippen LogP contribution in [-0.4, -0.2) is 45.2 Å². The van der Waals surface area contributed by atoms with E-state index in [1.165, 1.54) is 0 Å². The lowest BCUT2D eigenvalue weighted by Gasteiger charge is -2.13. The summed E-state index contributed by atoms with van der Waals surface area (Å²) in [6.45, 7) is 3.21. The second-order valence-electron chi connectivity index (χ2n) is 4.08.